The van der Waals surface area contributed by atoms with Crippen LogP contribution in [0.5, 0.6) is 0 Å². The van der Waals surface area contributed by atoms with Crippen molar-refractivity contribution in [3.05, 3.63) is 36.0 Å². The zero-order valence-corrected chi connectivity index (χ0v) is 13.4. The second-order valence-corrected chi connectivity index (χ2v) is 5.93. The SMILES string of the molecule is Cc1cnc(N(C)C2CCCN(c3cncc(C)n3)C2)nc1. The van der Waals surface area contributed by atoms with Gasteiger partial charge in [0.2, 0.25) is 5.95 Å². The minimum atomic E-state index is 0.388. The summed E-state index contributed by atoms with van der Waals surface area (Å²) in [7, 11) is 2.07. The largest absolute Gasteiger partial charge is 0.353 e. The van der Waals surface area contributed by atoms with Crippen LogP contribution in [0.25, 0.3) is 0 Å². The summed E-state index contributed by atoms with van der Waals surface area (Å²) in [6.45, 7) is 5.93. The Hall–Kier alpha value is -2.24. The molecule has 1 atom stereocenters. The third-order valence-electron chi connectivity index (χ3n) is 4.09. The molecule has 2 aromatic rings. The van der Waals surface area contributed by atoms with Crippen molar-refractivity contribution in [3.63, 3.8) is 0 Å². The van der Waals surface area contributed by atoms with Crippen LogP contribution >= 0.6 is 0 Å². The second-order valence-electron chi connectivity index (χ2n) is 5.93. The molecule has 1 aliphatic rings. The summed E-state index contributed by atoms with van der Waals surface area (Å²) >= 11 is 0. The van der Waals surface area contributed by atoms with Gasteiger partial charge >= 0.3 is 0 Å². The van der Waals surface area contributed by atoms with Crippen LogP contribution in [0.15, 0.2) is 24.8 Å². The zero-order valence-electron chi connectivity index (χ0n) is 13.4. The third kappa shape index (κ3) is 3.16. The molecule has 1 aliphatic heterocycles. The molecule has 0 aromatic carbocycles. The Bertz CT molecular complexity index is 627. The third-order valence-corrected chi connectivity index (χ3v) is 4.09. The molecule has 3 heterocycles. The van der Waals surface area contributed by atoms with Crippen molar-refractivity contribution in [1.29, 1.82) is 0 Å². The van der Waals surface area contributed by atoms with Gasteiger partial charge in [-0.25, -0.2) is 15.0 Å². The highest BCUT2D eigenvalue weighted by Crippen LogP contribution is 2.22. The monoisotopic (exact) mass is 298 g/mol. The van der Waals surface area contributed by atoms with Crippen LogP contribution in [-0.2, 0) is 0 Å². The smallest absolute Gasteiger partial charge is 0.225 e. The van der Waals surface area contributed by atoms with Gasteiger partial charge in [0.25, 0.3) is 0 Å². The average Bonchev–Trinajstić information content (AvgIpc) is 2.55. The fraction of sp³-hybridized carbons (Fsp3) is 0.500. The van der Waals surface area contributed by atoms with Crippen LogP contribution in [0, 0.1) is 13.8 Å². The molecular formula is C16H22N6. The number of aromatic nitrogens is 4. The van der Waals surface area contributed by atoms with Crippen molar-refractivity contribution in [1.82, 2.24) is 19.9 Å². The van der Waals surface area contributed by atoms with Crippen LogP contribution in [0.1, 0.15) is 24.1 Å². The van der Waals surface area contributed by atoms with Gasteiger partial charge in [0.15, 0.2) is 0 Å². The molecule has 0 radical (unpaired) electrons. The normalized spacial score (nSPS) is 18.3. The molecular weight excluding hydrogens is 276 g/mol. The molecule has 0 spiro atoms. The first kappa shape index (κ1) is 14.7. The van der Waals surface area contributed by atoms with E-state index < -0.39 is 0 Å². The molecule has 6 nitrogen and oxygen atoms in total. The first-order valence-electron chi connectivity index (χ1n) is 7.68. The first-order chi connectivity index (χ1) is 10.6. The highest BCUT2D eigenvalue weighted by Gasteiger charge is 2.25. The maximum atomic E-state index is 4.59. The fourth-order valence-corrected chi connectivity index (χ4v) is 2.81. The molecule has 1 fully saturated rings. The first-order valence-corrected chi connectivity index (χ1v) is 7.68. The number of anilines is 2. The molecule has 116 valence electrons. The van der Waals surface area contributed by atoms with Gasteiger partial charge < -0.3 is 9.80 Å². The lowest BCUT2D eigenvalue weighted by Gasteiger charge is -2.38. The van der Waals surface area contributed by atoms with Crippen molar-refractivity contribution in [2.24, 2.45) is 0 Å². The predicted molar refractivity (Wildman–Crippen MR) is 87.2 cm³/mol. The fourth-order valence-electron chi connectivity index (χ4n) is 2.81. The Morgan fingerprint density at radius 3 is 2.64 bits per heavy atom. The lowest BCUT2D eigenvalue weighted by atomic mass is 10.0. The molecule has 1 unspecified atom stereocenters. The van der Waals surface area contributed by atoms with Gasteiger partial charge in [0.05, 0.1) is 11.9 Å². The van der Waals surface area contributed by atoms with Gasteiger partial charge in [0.1, 0.15) is 5.82 Å². The molecule has 1 saturated heterocycles. The van der Waals surface area contributed by atoms with E-state index in [9.17, 15) is 0 Å². The second kappa shape index (κ2) is 6.25. The van der Waals surface area contributed by atoms with Crippen molar-refractivity contribution in [2.45, 2.75) is 32.7 Å². The number of rotatable bonds is 3. The van der Waals surface area contributed by atoms with E-state index in [-0.39, 0.29) is 0 Å². The molecule has 6 heteroatoms. The van der Waals surface area contributed by atoms with E-state index in [1.165, 1.54) is 0 Å². The molecule has 0 N–H and O–H groups in total. The van der Waals surface area contributed by atoms with Gasteiger partial charge in [-0.15, -0.1) is 0 Å². The Morgan fingerprint density at radius 2 is 1.91 bits per heavy atom. The molecule has 0 saturated carbocycles. The van der Waals surface area contributed by atoms with E-state index in [0.29, 0.717) is 6.04 Å². The quantitative estimate of drug-likeness (QED) is 0.863. The number of aryl methyl sites for hydroxylation is 2. The van der Waals surface area contributed by atoms with Crippen LogP contribution < -0.4 is 9.80 Å². The van der Waals surface area contributed by atoms with Gasteiger partial charge in [-0.1, -0.05) is 0 Å². The molecule has 0 aliphatic carbocycles. The van der Waals surface area contributed by atoms with Gasteiger partial charge in [-0.2, -0.15) is 0 Å². The van der Waals surface area contributed by atoms with E-state index >= 15 is 0 Å². The minimum Gasteiger partial charge on any atom is -0.353 e. The van der Waals surface area contributed by atoms with Gasteiger partial charge in [0, 0.05) is 44.8 Å². The summed E-state index contributed by atoms with van der Waals surface area (Å²) in [4.78, 5) is 22.2. The van der Waals surface area contributed by atoms with Crippen LogP contribution in [0.4, 0.5) is 11.8 Å². The summed E-state index contributed by atoms with van der Waals surface area (Å²) < 4.78 is 0. The van der Waals surface area contributed by atoms with E-state index in [2.05, 4.69) is 36.8 Å². The number of piperidine rings is 1. The lowest BCUT2D eigenvalue weighted by Crippen LogP contribution is -2.47. The Morgan fingerprint density at radius 1 is 1.14 bits per heavy atom. The standard InChI is InChI=1S/C16H22N6/c1-12-7-18-16(19-8-12)21(3)14-5-4-6-22(11-14)15-10-17-9-13(2)20-15/h7-10,14H,4-6,11H2,1-3H3. The van der Waals surface area contributed by atoms with E-state index in [0.717, 1.165) is 49.0 Å². The Kier molecular flexibility index (Phi) is 4.18. The highest BCUT2D eigenvalue weighted by atomic mass is 15.3. The van der Waals surface area contributed by atoms with E-state index in [4.69, 9.17) is 0 Å². The zero-order chi connectivity index (χ0) is 15.5. The average molecular weight is 298 g/mol. The molecule has 22 heavy (non-hydrogen) atoms. The topological polar surface area (TPSA) is 58.0 Å². The van der Waals surface area contributed by atoms with Crippen molar-refractivity contribution < 1.29 is 0 Å². The molecule has 3 rings (SSSR count). The van der Waals surface area contributed by atoms with Crippen molar-refractivity contribution >= 4 is 11.8 Å². The number of nitrogens with zero attached hydrogens (tertiary/aromatic N) is 6. The maximum Gasteiger partial charge on any atom is 0.225 e. The highest BCUT2D eigenvalue weighted by molar-refractivity contribution is 5.39. The minimum absolute atomic E-state index is 0.388. The summed E-state index contributed by atoms with van der Waals surface area (Å²) in [5.74, 6) is 1.75. The summed E-state index contributed by atoms with van der Waals surface area (Å²) in [6.07, 6.45) is 9.64. The number of likely N-dealkylation sites (N-methyl/N-ethyl adjacent to an activating group) is 1. The Labute approximate surface area is 131 Å². The van der Waals surface area contributed by atoms with E-state index in [1.807, 2.05) is 32.4 Å². The summed E-state index contributed by atoms with van der Waals surface area (Å²) in [5.41, 5.74) is 2.03. The van der Waals surface area contributed by atoms with Crippen LogP contribution in [0.2, 0.25) is 0 Å². The van der Waals surface area contributed by atoms with Gasteiger partial charge in [-0.05, 0) is 32.3 Å². The van der Waals surface area contributed by atoms with E-state index in [1.54, 1.807) is 6.20 Å². The number of hydrogen-bond donors (Lipinski definition) is 0. The molecule has 2 aromatic heterocycles. The van der Waals surface area contributed by atoms with Crippen LogP contribution in [-0.4, -0.2) is 46.1 Å². The van der Waals surface area contributed by atoms with Crippen LogP contribution in [0.3, 0.4) is 0 Å². The lowest BCUT2D eigenvalue weighted by molar-refractivity contribution is 0.480. The summed E-state index contributed by atoms with van der Waals surface area (Å²) in [5, 5.41) is 0. The molecule has 0 amide bonds. The predicted octanol–water partition coefficient (Wildman–Crippen LogP) is 1.99. The summed E-state index contributed by atoms with van der Waals surface area (Å²) in [6, 6.07) is 0.388. The molecule has 0 bridgehead atoms. The maximum absolute atomic E-state index is 4.59. The van der Waals surface area contributed by atoms with Crippen molar-refractivity contribution in [2.75, 3.05) is 29.9 Å². The Balaban J connectivity index is 1.73. The van der Waals surface area contributed by atoms with Crippen molar-refractivity contribution in [3.8, 4) is 0 Å². The number of hydrogen-bond acceptors (Lipinski definition) is 6. The van der Waals surface area contributed by atoms with Gasteiger partial charge in [-0.3, -0.25) is 4.98 Å².